The molecule has 0 spiro atoms. The molecule has 0 fully saturated rings. The summed E-state index contributed by atoms with van der Waals surface area (Å²) in [5.74, 6) is -1.01. The highest BCUT2D eigenvalue weighted by molar-refractivity contribution is 5.83. The molecule has 2 aromatic rings. The van der Waals surface area contributed by atoms with Crippen LogP contribution in [0.4, 0.5) is 0 Å². The number of hydrogen-bond acceptors (Lipinski definition) is 2. The second-order valence-corrected chi connectivity index (χ2v) is 3.88. The molecule has 1 heterocycles. The van der Waals surface area contributed by atoms with Crippen molar-refractivity contribution in [2.24, 2.45) is 0 Å². The summed E-state index contributed by atoms with van der Waals surface area (Å²) in [6.07, 6.45) is -1.27. The first-order valence-electron chi connectivity index (χ1n) is 5.06. The van der Waals surface area contributed by atoms with Gasteiger partial charge in [0.2, 0.25) is 0 Å². The Kier molecular flexibility index (Phi) is 2.66. The molecule has 2 rings (SSSR count). The van der Waals surface area contributed by atoms with E-state index in [1.54, 1.807) is 6.07 Å². The first kappa shape index (κ1) is 10.7. The fourth-order valence-electron chi connectivity index (χ4n) is 1.78. The van der Waals surface area contributed by atoms with Crippen LogP contribution in [0.1, 0.15) is 23.8 Å². The number of aliphatic hydroxyl groups is 1. The molecule has 4 heteroatoms. The summed E-state index contributed by atoms with van der Waals surface area (Å²) < 4.78 is 0. The number of carbonyl (C=O) groups is 1. The third-order valence-corrected chi connectivity index (χ3v) is 2.61. The Hall–Kier alpha value is -1.81. The van der Waals surface area contributed by atoms with Crippen LogP contribution in [0.3, 0.4) is 0 Å². The number of nitrogens with one attached hydrogen (secondary N) is 1. The zero-order valence-corrected chi connectivity index (χ0v) is 8.90. The topological polar surface area (TPSA) is 73.3 Å². The Morgan fingerprint density at radius 1 is 1.50 bits per heavy atom. The van der Waals surface area contributed by atoms with Crippen molar-refractivity contribution in [1.82, 2.24) is 4.98 Å². The van der Waals surface area contributed by atoms with Crippen LogP contribution in [-0.2, 0) is 4.79 Å². The van der Waals surface area contributed by atoms with E-state index < -0.39 is 12.1 Å². The minimum absolute atomic E-state index is 0.286. The molecule has 0 aliphatic rings. The van der Waals surface area contributed by atoms with Crippen molar-refractivity contribution < 1.29 is 15.0 Å². The van der Waals surface area contributed by atoms with E-state index in [1.165, 1.54) is 0 Å². The molecule has 84 valence electrons. The number of carboxylic acid groups (broad SMARTS) is 1. The highest BCUT2D eigenvalue weighted by Gasteiger charge is 2.14. The summed E-state index contributed by atoms with van der Waals surface area (Å²) in [5.41, 5.74) is 2.57. The van der Waals surface area contributed by atoms with E-state index >= 15 is 0 Å². The van der Waals surface area contributed by atoms with Crippen molar-refractivity contribution in [2.45, 2.75) is 19.4 Å². The fraction of sp³-hybridized carbons (Fsp3) is 0.250. The van der Waals surface area contributed by atoms with Crippen molar-refractivity contribution in [1.29, 1.82) is 0 Å². The third-order valence-electron chi connectivity index (χ3n) is 2.61. The predicted molar refractivity (Wildman–Crippen MR) is 60.2 cm³/mol. The van der Waals surface area contributed by atoms with E-state index in [9.17, 15) is 9.90 Å². The Bertz CT molecular complexity index is 530. The minimum atomic E-state index is -1.01. The molecular weight excluding hydrogens is 206 g/mol. The van der Waals surface area contributed by atoms with E-state index in [0.717, 1.165) is 16.5 Å². The molecule has 1 aromatic heterocycles. The largest absolute Gasteiger partial charge is 0.481 e. The number of aliphatic hydroxyl groups excluding tert-OH is 1. The predicted octanol–water partition coefficient (Wildman–Crippen LogP) is 1.98. The average Bonchev–Trinajstić information content (AvgIpc) is 2.61. The van der Waals surface area contributed by atoms with Gasteiger partial charge in [-0.3, -0.25) is 4.79 Å². The Morgan fingerprint density at radius 2 is 2.25 bits per heavy atom. The van der Waals surface area contributed by atoms with Gasteiger partial charge in [0.15, 0.2) is 0 Å². The van der Waals surface area contributed by atoms with Gasteiger partial charge >= 0.3 is 5.97 Å². The van der Waals surface area contributed by atoms with Crippen LogP contribution in [-0.4, -0.2) is 21.2 Å². The van der Waals surface area contributed by atoms with Crippen molar-refractivity contribution >= 4 is 16.9 Å². The van der Waals surface area contributed by atoms with E-state index in [4.69, 9.17) is 5.11 Å². The molecule has 0 saturated carbocycles. The molecule has 0 amide bonds. The summed E-state index contributed by atoms with van der Waals surface area (Å²) >= 11 is 0. The zero-order valence-electron chi connectivity index (χ0n) is 8.90. The summed E-state index contributed by atoms with van der Waals surface area (Å²) in [7, 11) is 0. The van der Waals surface area contributed by atoms with Gasteiger partial charge in [0.25, 0.3) is 0 Å². The highest BCUT2D eigenvalue weighted by Crippen LogP contribution is 2.23. The second-order valence-electron chi connectivity index (χ2n) is 3.88. The maximum atomic E-state index is 10.5. The Balaban J connectivity index is 2.39. The van der Waals surface area contributed by atoms with Crippen molar-refractivity contribution in [3.05, 3.63) is 35.5 Å². The van der Waals surface area contributed by atoms with Crippen LogP contribution >= 0.6 is 0 Å². The minimum Gasteiger partial charge on any atom is -0.481 e. The number of para-hydroxylation sites is 1. The number of fused-ring (bicyclic) bond motifs is 1. The van der Waals surface area contributed by atoms with Gasteiger partial charge in [-0.2, -0.15) is 0 Å². The smallest absolute Gasteiger partial charge is 0.306 e. The molecule has 3 N–H and O–H groups in total. The van der Waals surface area contributed by atoms with Crippen LogP contribution in [0.5, 0.6) is 0 Å². The van der Waals surface area contributed by atoms with Gasteiger partial charge in [-0.05, 0) is 18.6 Å². The van der Waals surface area contributed by atoms with Gasteiger partial charge in [-0.15, -0.1) is 0 Å². The first-order valence-corrected chi connectivity index (χ1v) is 5.06. The van der Waals surface area contributed by atoms with Gasteiger partial charge < -0.3 is 15.2 Å². The lowest BCUT2D eigenvalue weighted by Crippen LogP contribution is -2.05. The lowest BCUT2D eigenvalue weighted by molar-refractivity contribution is -0.139. The number of aryl methyl sites for hydroxylation is 1. The molecule has 0 bridgehead atoms. The fourth-order valence-corrected chi connectivity index (χ4v) is 1.78. The molecule has 1 unspecified atom stereocenters. The number of H-pyrrole nitrogens is 1. The summed E-state index contributed by atoms with van der Waals surface area (Å²) in [5, 5.41) is 19.3. The number of aromatic nitrogens is 1. The molecular formula is C12H13NO3. The van der Waals surface area contributed by atoms with Crippen molar-refractivity contribution in [2.75, 3.05) is 0 Å². The number of hydrogen-bond donors (Lipinski definition) is 3. The monoisotopic (exact) mass is 219 g/mol. The molecule has 4 nitrogen and oxygen atoms in total. The normalized spacial score (nSPS) is 12.9. The molecule has 1 aromatic carbocycles. The summed E-state index contributed by atoms with van der Waals surface area (Å²) in [6.45, 7) is 1.96. The highest BCUT2D eigenvalue weighted by atomic mass is 16.4. The second kappa shape index (κ2) is 3.98. The van der Waals surface area contributed by atoms with E-state index in [1.807, 2.05) is 25.1 Å². The van der Waals surface area contributed by atoms with Crippen molar-refractivity contribution in [3.63, 3.8) is 0 Å². The number of aromatic amines is 1. The van der Waals surface area contributed by atoms with Gasteiger partial charge in [-0.25, -0.2) is 0 Å². The molecule has 0 aliphatic carbocycles. The summed E-state index contributed by atoms with van der Waals surface area (Å²) in [4.78, 5) is 13.5. The van der Waals surface area contributed by atoms with Crippen molar-refractivity contribution in [3.8, 4) is 0 Å². The average molecular weight is 219 g/mol. The molecule has 1 atom stereocenters. The van der Waals surface area contributed by atoms with Crippen LogP contribution < -0.4 is 0 Å². The maximum Gasteiger partial charge on any atom is 0.306 e. The van der Waals surface area contributed by atoms with E-state index in [0.29, 0.717) is 5.69 Å². The zero-order chi connectivity index (χ0) is 11.7. The van der Waals surface area contributed by atoms with Crippen LogP contribution in [0.15, 0.2) is 24.3 Å². The van der Waals surface area contributed by atoms with Crippen LogP contribution in [0.25, 0.3) is 10.9 Å². The quantitative estimate of drug-likeness (QED) is 0.739. The molecule has 0 radical (unpaired) electrons. The van der Waals surface area contributed by atoms with Gasteiger partial charge in [-0.1, -0.05) is 18.2 Å². The van der Waals surface area contributed by atoms with E-state index in [2.05, 4.69) is 4.98 Å². The van der Waals surface area contributed by atoms with E-state index in [-0.39, 0.29) is 6.42 Å². The SMILES string of the molecule is Cc1cccc2cc(C(O)CC(=O)O)[nH]c12. The number of carboxylic acids is 1. The number of aliphatic carboxylic acids is 1. The maximum absolute atomic E-state index is 10.5. The Morgan fingerprint density at radius 3 is 2.88 bits per heavy atom. The lowest BCUT2D eigenvalue weighted by Gasteiger charge is -2.04. The molecule has 0 aliphatic heterocycles. The standard InChI is InChI=1S/C12H13NO3/c1-7-3-2-4-8-5-9(13-12(7)8)10(14)6-11(15)16/h2-5,10,13-14H,6H2,1H3,(H,15,16). The number of benzene rings is 1. The van der Waals surface area contributed by atoms with Crippen LogP contribution in [0, 0.1) is 6.92 Å². The van der Waals surface area contributed by atoms with Gasteiger partial charge in [0.05, 0.1) is 6.42 Å². The number of rotatable bonds is 3. The molecule has 16 heavy (non-hydrogen) atoms. The Labute approximate surface area is 92.5 Å². The van der Waals surface area contributed by atoms with Gasteiger partial charge in [0, 0.05) is 16.6 Å². The van der Waals surface area contributed by atoms with Gasteiger partial charge in [0.1, 0.15) is 6.10 Å². The summed E-state index contributed by atoms with van der Waals surface area (Å²) in [6, 6.07) is 7.61. The lowest BCUT2D eigenvalue weighted by atomic mass is 10.1. The molecule has 0 saturated heterocycles. The third kappa shape index (κ3) is 1.92. The first-order chi connectivity index (χ1) is 7.58. The van der Waals surface area contributed by atoms with Crippen LogP contribution in [0.2, 0.25) is 0 Å².